The fraction of sp³-hybridized carbons (Fsp3) is 0.481. The van der Waals surface area contributed by atoms with Crippen LogP contribution in [0, 0.1) is 6.92 Å². The molecular formula is C27H35N3O3. The van der Waals surface area contributed by atoms with Crippen molar-refractivity contribution in [3.63, 3.8) is 0 Å². The van der Waals surface area contributed by atoms with Crippen molar-refractivity contribution in [1.29, 1.82) is 0 Å². The van der Waals surface area contributed by atoms with Gasteiger partial charge < -0.3 is 19.6 Å². The molecule has 33 heavy (non-hydrogen) atoms. The zero-order valence-electron chi connectivity index (χ0n) is 20.3. The molecule has 2 aromatic heterocycles. The summed E-state index contributed by atoms with van der Waals surface area (Å²) in [4.78, 5) is 30.0. The van der Waals surface area contributed by atoms with E-state index in [9.17, 15) is 14.7 Å². The number of piperidine rings is 1. The minimum Gasteiger partial charge on any atom is -0.393 e. The first-order valence-corrected chi connectivity index (χ1v) is 11.9. The van der Waals surface area contributed by atoms with E-state index in [0.29, 0.717) is 11.8 Å². The second kappa shape index (κ2) is 9.18. The molecule has 1 amide bonds. The highest BCUT2D eigenvalue weighted by Crippen LogP contribution is 2.38. The molecule has 0 aliphatic carbocycles. The highest BCUT2D eigenvalue weighted by atomic mass is 16.3. The summed E-state index contributed by atoms with van der Waals surface area (Å²) in [5.74, 6) is 0.786. The third-order valence-electron chi connectivity index (χ3n) is 6.88. The summed E-state index contributed by atoms with van der Waals surface area (Å²) >= 11 is 0. The average molecular weight is 450 g/mol. The monoisotopic (exact) mass is 449 g/mol. The summed E-state index contributed by atoms with van der Waals surface area (Å²) in [6.45, 7) is 9.41. The van der Waals surface area contributed by atoms with E-state index in [2.05, 4.69) is 37.0 Å². The van der Waals surface area contributed by atoms with E-state index < -0.39 is 6.10 Å². The molecule has 0 bridgehead atoms. The number of fused-ring (bicyclic) bond motifs is 1. The number of aromatic nitrogens is 2. The molecule has 0 saturated carbocycles. The Morgan fingerprint density at radius 1 is 1.18 bits per heavy atom. The van der Waals surface area contributed by atoms with E-state index in [1.807, 2.05) is 24.1 Å². The van der Waals surface area contributed by atoms with Crippen LogP contribution in [0.2, 0.25) is 0 Å². The van der Waals surface area contributed by atoms with Gasteiger partial charge in [0.25, 0.3) is 5.56 Å². The number of hydrogen-bond donors (Lipinski definition) is 2. The minimum atomic E-state index is -0.592. The SMILES string of the molecule is Cc1cc(-c2[nH]c3ccc(C4CCN(C(=O)CC(C)O)CC4)cc3c2C(C)C)cn(C)c1=O. The van der Waals surface area contributed by atoms with Gasteiger partial charge >= 0.3 is 0 Å². The lowest BCUT2D eigenvalue weighted by molar-refractivity contribution is -0.134. The molecule has 3 aromatic rings. The summed E-state index contributed by atoms with van der Waals surface area (Å²) in [7, 11) is 1.80. The van der Waals surface area contributed by atoms with E-state index in [0.717, 1.165) is 48.3 Å². The first kappa shape index (κ1) is 23.3. The summed E-state index contributed by atoms with van der Waals surface area (Å²) in [5.41, 5.74) is 6.56. The molecule has 0 spiro atoms. The van der Waals surface area contributed by atoms with Crippen molar-refractivity contribution < 1.29 is 9.90 Å². The highest BCUT2D eigenvalue weighted by molar-refractivity contribution is 5.92. The molecule has 6 heteroatoms. The largest absolute Gasteiger partial charge is 0.393 e. The number of rotatable bonds is 5. The molecule has 4 rings (SSSR count). The number of nitrogens with zero attached hydrogens (tertiary/aromatic N) is 2. The van der Waals surface area contributed by atoms with Crippen molar-refractivity contribution in [3.05, 3.63) is 57.5 Å². The average Bonchev–Trinajstić information content (AvgIpc) is 3.16. The number of amides is 1. The fourth-order valence-electron chi connectivity index (χ4n) is 5.17. The van der Waals surface area contributed by atoms with Crippen molar-refractivity contribution >= 4 is 16.8 Å². The standard InChI is InChI=1S/C27H35N3O3/c1-16(2)25-22-14-20(19-8-10-30(11-9-19)24(32)13-18(4)31)6-7-23(22)28-26(25)21-12-17(3)27(33)29(5)15-21/h6-7,12,14-16,18-19,28,31H,8-11,13H2,1-5H3. The molecule has 3 heterocycles. The van der Waals surface area contributed by atoms with Crippen LogP contribution >= 0.6 is 0 Å². The van der Waals surface area contributed by atoms with Crippen molar-refractivity contribution in [2.24, 2.45) is 7.05 Å². The number of benzene rings is 1. The molecule has 1 aliphatic heterocycles. The van der Waals surface area contributed by atoms with Gasteiger partial charge in [-0.3, -0.25) is 9.59 Å². The number of carbonyl (C=O) groups excluding carboxylic acids is 1. The number of aryl methyl sites for hydroxylation is 2. The molecule has 1 fully saturated rings. The first-order valence-electron chi connectivity index (χ1n) is 11.9. The third-order valence-corrected chi connectivity index (χ3v) is 6.88. The van der Waals surface area contributed by atoms with E-state index in [1.165, 1.54) is 16.5 Å². The van der Waals surface area contributed by atoms with Gasteiger partial charge in [0.2, 0.25) is 5.91 Å². The van der Waals surface area contributed by atoms with Crippen LogP contribution in [-0.2, 0) is 11.8 Å². The molecule has 6 nitrogen and oxygen atoms in total. The molecule has 1 unspecified atom stereocenters. The maximum atomic E-state index is 12.3. The van der Waals surface area contributed by atoms with Crippen LogP contribution in [0.4, 0.5) is 0 Å². The van der Waals surface area contributed by atoms with Crippen molar-refractivity contribution in [2.45, 2.75) is 64.9 Å². The Kier molecular flexibility index (Phi) is 6.48. The number of nitrogens with one attached hydrogen (secondary N) is 1. The Morgan fingerprint density at radius 3 is 2.48 bits per heavy atom. The van der Waals surface area contributed by atoms with Crippen molar-refractivity contribution in [2.75, 3.05) is 13.1 Å². The summed E-state index contributed by atoms with van der Waals surface area (Å²) in [5, 5.41) is 10.7. The van der Waals surface area contributed by atoms with Crippen LogP contribution in [-0.4, -0.2) is 44.7 Å². The van der Waals surface area contributed by atoms with E-state index in [1.54, 1.807) is 18.5 Å². The normalized spacial score (nSPS) is 16.0. The Hall–Kier alpha value is -2.86. The predicted octanol–water partition coefficient (Wildman–Crippen LogP) is 4.44. The Labute approximate surface area is 195 Å². The number of carbonyl (C=O) groups is 1. The number of pyridine rings is 1. The number of H-pyrrole nitrogens is 1. The lowest BCUT2D eigenvalue weighted by Crippen LogP contribution is -2.39. The summed E-state index contributed by atoms with van der Waals surface area (Å²) < 4.78 is 1.65. The van der Waals surface area contributed by atoms with Gasteiger partial charge in [0.1, 0.15) is 0 Å². The van der Waals surface area contributed by atoms with Crippen LogP contribution in [0.25, 0.3) is 22.2 Å². The minimum absolute atomic E-state index is 0.0292. The molecule has 1 saturated heterocycles. The van der Waals surface area contributed by atoms with Crippen LogP contribution in [0.5, 0.6) is 0 Å². The number of likely N-dealkylation sites (tertiary alicyclic amines) is 1. The Morgan fingerprint density at radius 2 is 1.88 bits per heavy atom. The summed E-state index contributed by atoms with van der Waals surface area (Å²) in [6, 6.07) is 8.66. The van der Waals surface area contributed by atoms with E-state index >= 15 is 0 Å². The van der Waals surface area contributed by atoms with Gasteiger partial charge in [0.15, 0.2) is 0 Å². The third kappa shape index (κ3) is 4.62. The van der Waals surface area contributed by atoms with Crippen molar-refractivity contribution in [1.82, 2.24) is 14.5 Å². The zero-order valence-corrected chi connectivity index (χ0v) is 20.3. The maximum absolute atomic E-state index is 12.3. The Bertz CT molecular complexity index is 1200. The number of aliphatic hydroxyl groups is 1. The molecular weight excluding hydrogens is 414 g/mol. The number of hydrogen-bond acceptors (Lipinski definition) is 3. The number of aliphatic hydroxyl groups excluding tert-OH is 1. The fourth-order valence-corrected chi connectivity index (χ4v) is 5.17. The van der Waals surface area contributed by atoms with Gasteiger partial charge in [0, 0.05) is 48.4 Å². The van der Waals surface area contributed by atoms with Gasteiger partial charge in [0.05, 0.1) is 18.2 Å². The van der Waals surface area contributed by atoms with Crippen LogP contribution in [0.1, 0.15) is 68.6 Å². The quantitative estimate of drug-likeness (QED) is 0.604. The molecule has 0 radical (unpaired) electrons. The lowest BCUT2D eigenvalue weighted by Gasteiger charge is -2.32. The van der Waals surface area contributed by atoms with E-state index in [-0.39, 0.29) is 17.9 Å². The lowest BCUT2D eigenvalue weighted by atomic mass is 9.87. The highest BCUT2D eigenvalue weighted by Gasteiger charge is 2.25. The molecule has 1 atom stereocenters. The molecule has 1 aliphatic rings. The van der Waals surface area contributed by atoms with Crippen LogP contribution < -0.4 is 5.56 Å². The second-order valence-electron chi connectivity index (χ2n) is 9.91. The molecule has 176 valence electrons. The maximum Gasteiger partial charge on any atom is 0.253 e. The molecule has 2 N–H and O–H groups in total. The first-order chi connectivity index (χ1) is 15.7. The zero-order chi connectivity index (χ0) is 23.9. The van der Waals surface area contributed by atoms with Gasteiger partial charge in [-0.1, -0.05) is 19.9 Å². The topological polar surface area (TPSA) is 78.3 Å². The van der Waals surface area contributed by atoms with Gasteiger partial charge in [-0.15, -0.1) is 0 Å². The predicted molar refractivity (Wildman–Crippen MR) is 133 cm³/mol. The molecule has 1 aromatic carbocycles. The number of aromatic amines is 1. The smallest absolute Gasteiger partial charge is 0.253 e. The van der Waals surface area contributed by atoms with Gasteiger partial charge in [-0.2, -0.15) is 0 Å². The van der Waals surface area contributed by atoms with Crippen molar-refractivity contribution in [3.8, 4) is 11.3 Å². The summed E-state index contributed by atoms with van der Waals surface area (Å²) in [6.07, 6.45) is 3.39. The van der Waals surface area contributed by atoms with Crippen LogP contribution in [0.15, 0.2) is 35.3 Å². The Balaban J connectivity index is 1.65. The van der Waals surface area contributed by atoms with Gasteiger partial charge in [-0.05, 0) is 67.9 Å². The van der Waals surface area contributed by atoms with E-state index in [4.69, 9.17) is 0 Å². The second-order valence-corrected chi connectivity index (χ2v) is 9.91. The van der Waals surface area contributed by atoms with Gasteiger partial charge in [-0.25, -0.2) is 0 Å². The van der Waals surface area contributed by atoms with Crippen LogP contribution in [0.3, 0.4) is 0 Å².